The van der Waals surface area contributed by atoms with Crippen LogP contribution in [0.5, 0.6) is 0 Å². The van der Waals surface area contributed by atoms with Crippen molar-refractivity contribution in [1.29, 1.82) is 0 Å². The number of carbonyl (C=O) groups is 1. The Kier molecular flexibility index (Phi) is 4.42. The van der Waals surface area contributed by atoms with Gasteiger partial charge < -0.3 is 9.84 Å². The van der Waals surface area contributed by atoms with E-state index in [1.807, 2.05) is 13.8 Å². The highest BCUT2D eigenvalue weighted by Gasteiger charge is 2.19. The minimum atomic E-state index is -0.472. The van der Waals surface area contributed by atoms with Gasteiger partial charge in [-0.25, -0.2) is 9.48 Å². The molecule has 0 aliphatic rings. The Balaban J connectivity index is 2.94. The molecule has 1 aromatic rings. The first-order valence-corrected chi connectivity index (χ1v) is 5.25. The summed E-state index contributed by atoms with van der Waals surface area (Å²) in [5, 5.41) is 16.7. The fourth-order valence-electron chi connectivity index (χ4n) is 1.44. The number of esters is 1. The monoisotopic (exact) mass is 227 g/mol. The Morgan fingerprint density at radius 3 is 2.81 bits per heavy atom. The van der Waals surface area contributed by atoms with Crippen molar-refractivity contribution in [3.63, 3.8) is 0 Å². The predicted molar refractivity (Wildman–Crippen MR) is 57.0 cm³/mol. The van der Waals surface area contributed by atoms with E-state index in [1.54, 1.807) is 4.68 Å². The summed E-state index contributed by atoms with van der Waals surface area (Å²) in [7, 11) is 1.32. The lowest BCUT2D eigenvalue weighted by Gasteiger charge is -2.09. The first-order valence-electron chi connectivity index (χ1n) is 5.25. The highest BCUT2D eigenvalue weighted by atomic mass is 16.5. The summed E-state index contributed by atoms with van der Waals surface area (Å²) in [5.74, 6) is -0.391. The predicted octanol–water partition coefficient (Wildman–Crippen LogP) is 0.256. The molecule has 1 heterocycles. The van der Waals surface area contributed by atoms with Gasteiger partial charge in [-0.15, -0.1) is 5.10 Å². The smallest absolute Gasteiger partial charge is 0.360 e. The van der Waals surface area contributed by atoms with Crippen molar-refractivity contribution in [3.05, 3.63) is 11.4 Å². The number of rotatable bonds is 5. The zero-order valence-corrected chi connectivity index (χ0v) is 9.80. The van der Waals surface area contributed by atoms with E-state index < -0.39 is 5.97 Å². The highest BCUT2D eigenvalue weighted by molar-refractivity contribution is 5.88. The number of carbonyl (C=O) groups excluding carboxylic acids is 1. The van der Waals surface area contributed by atoms with E-state index in [9.17, 15) is 4.79 Å². The van der Waals surface area contributed by atoms with Gasteiger partial charge in [0.1, 0.15) is 0 Å². The molecule has 6 nitrogen and oxygen atoms in total. The number of nitrogens with zero attached hydrogens (tertiary/aromatic N) is 3. The Hall–Kier alpha value is -1.43. The van der Waals surface area contributed by atoms with E-state index in [4.69, 9.17) is 5.11 Å². The van der Waals surface area contributed by atoms with Crippen LogP contribution in [-0.4, -0.2) is 39.8 Å². The molecule has 0 aromatic carbocycles. The van der Waals surface area contributed by atoms with E-state index in [0.29, 0.717) is 13.0 Å². The Labute approximate surface area is 94.2 Å². The molecule has 0 radical (unpaired) electrons. The summed E-state index contributed by atoms with van der Waals surface area (Å²) < 4.78 is 6.27. The van der Waals surface area contributed by atoms with Crippen LogP contribution in [0, 0.1) is 5.92 Å². The second kappa shape index (κ2) is 5.60. The molecule has 0 amide bonds. The molecule has 1 unspecified atom stereocenters. The topological polar surface area (TPSA) is 77.2 Å². The van der Waals surface area contributed by atoms with Crippen LogP contribution >= 0.6 is 0 Å². The zero-order chi connectivity index (χ0) is 12.1. The van der Waals surface area contributed by atoms with Crippen LogP contribution in [0.25, 0.3) is 0 Å². The molecule has 0 aliphatic heterocycles. The third-order valence-electron chi connectivity index (χ3n) is 2.35. The van der Waals surface area contributed by atoms with Crippen LogP contribution in [0.1, 0.15) is 30.0 Å². The molecule has 0 saturated carbocycles. The quantitative estimate of drug-likeness (QED) is 0.730. The van der Waals surface area contributed by atoms with Gasteiger partial charge in [0.15, 0.2) is 5.69 Å². The second-order valence-electron chi connectivity index (χ2n) is 3.70. The summed E-state index contributed by atoms with van der Waals surface area (Å²) in [5.41, 5.74) is 1.00. The maximum absolute atomic E-state index is 11.4. The number of hydrogen-bond acceptors (Lipinski definition) is 5. The molecule has 90 valence electrons. The third-order valence-corrected chi connectivity index (χ3v) is 2.35. The summed E-state index contributed by atoms with van der Waals surface area (Å²) in [6.07, 6.45) is 0.648. The van der Waals surface area contributed by atoms with Crippen molar-refractivity contribution >= 4 is 5.97 Å². The van der Waals surface area contributed by atoms with Gasteiger partial charge in [-0.2, -0.15) is 0 Å². The molecule has 0 spiro atoms. The summed E-state index contributed by atoms with van der Waals surface area (Å²) in [6.45, 7) is 4.45. The van der Waals surface area contributed by atoms with Crippen molar-refractivity contribution in [2.45, 2.75) is 26.8 Å². The summed E-state index contributed by atoms with van der Waals surface area (Å²) in [4.78, 5) is 11.4. The average Bonchev–Trinajstić information content (AvgIpc) is 2.70. The fourth-order valence-corrected chi connectivity index (χ4v) is 1.44. The molecule has 1 rings (SSSR count). The third kappa shape index (κ3) is 2.57. The fraction of sp³-hybridized carbons (Fsp3) is 0.700. The molecule has 0 saturated heterocycles. The SMILES string of the molecule is CCc1c(C(=O)OC)nnn1CC(C)CO. The molecule has 16 heavy (non-hydrogen) atoms. The average molecular weight is 227 g/mol. The molecular formula is C10H17N3O3. The molecule has 0 fully saturated rings. The number of ether oxygens (including phenoxy) is 1. The van der Waals surface area contributed by atoms with Gasteiger partial charge in [0.25, 0.3) is 0 Å². The maximum Gasteiger partial charge on any atom is 0.360 e. The van der Waals surface area contributed by atoms with E-state index in [0.717, 1.165) is 5.69 Å². The van der Waals surface area contributed by atoms with Gasteiger partial charge in [-0.05, 0) is 12.3 Å². The van der Waals surface area contributed by atoms with E-state index in [1.165, 1.54) is 7.11 Å². The Morgan fingerprint density at radius 2 is 2.31 bits per heavy atom. The van der Waals surface area contributed by atoms with E-state index in [2.05, 4.69) is 15.0 Å². The van der Waals surface area contributed by atoms with Crippen LogP contribution in [0.2, 0.25) is 0 Å². The minimum Gasteiger partial charge on any atom is -0.464 e. The summed E-state index contributed by atoms with van der Waals surface area (Å²) >= 11 is 0. The van der Waals surface area contributed by atoms with Crippen LogP contribution in [0.3, 0.4) is 0 Å². The minimum absolute atomic E-state index is 0.0799. The first kappa shape index (κ1) is 12.6. The molecule has 0 aliphatic carbocycles. The van der Waals surface area contributed by atoms with Gasteiger partial charge in [0, 0.05) is 13.2 Å². The van der Waals surface area contributed by atoms with E-state index >= 15 is 0 Å². The molecule has 1 atom stereocenters. The number of aromatic nitrogens is 3. The number of methoxy groups -OCH3 is 1. The van der Waals surface area contributed by atoms with Crippen LogP contribution in [-0.2, 0) is 17.7 Å². The number of aliphatic hydroxyl groups excluding tert-OH is 1. The van der Waals surface area contributed by atoms with Crippen molar-refractivity contribution in [3.8, 4) is 0 Å². The van der Waals surface area contributed by atoms with Gasteiger partial charge in [0.2, 0.25) is 0 Å². The molecular weight excluding hydrogens is 210 g/mol. The zero-order valence-electron chi connectivity index (χ0n) is 9.80. The second-order valence-corrected chi connectivity index (χ2v) is 3.70. The number of aliphatic hydroxyl groups is 1. The first-order chi connectivity index (χ1) is 7.63. The lowest BCUT2D eigenvalue weighted by molar-refractivity contribution is 0.0592. The Morgan fingerprint density at radius 1 is 1.62 bits per heavy atom. The van der Waals surface area contributed by atoms with Crippen LogP contribution < -0.4 is 0 Å². The van der Waals surface area contributed by atoms with Crippen molar-refractivity contribution < 1.29 is 14.6 Å². The normalized spacial score (nSPS) is 12.5. The van der Waals surface area contributed by atoms with Gasteiger partial charge >= 0.3 is 5.97 Å². The van der Waals surface area contributed by atoms with Crippen molar-refractivity contribution in [2.75, 3.05) is 13.7 Å². The lowest BCUT2D eigenvalue weighted by Crippen LogP contribution is -2.15. The summed E-state index contributed by atoms with van der Waals surface area (Å²) in [6, 6.07) is 0. The molecule has 6 heteroatoms. The maximum atomic E-state index is 11.4. The Bertz CT molecular complexity index is 362. The highest BCUT2D eigenvalue weighted by Crippen LogP contribution is 2.10. The van der Waals surface area contributed by atoms with Gasteiger partial charge in [-0.3, -0.25) is 0 Å². The number of hydrogen-bond donors (Lipinski definition) is 1. The molecule has 1 N–H and O–H groups in total. The van der Waals surface area contributed by atoms with Crippen molar-refractivity contribution in [2.24, 2.45) is 5.92 Å². The van der Waals surface area contributed by atoms with Crippen LogP contribution in [0.15, 0.2) is 0 Å². The standard InChI is InChI=1S/C10H17N3O3/c1-4-8-9(10(15)16-3)11-12-13(8)5-7(2)6-14/h7,14H,4-6H2,1-3H3. The lowest BCUT2D eigenvalue weighted by atomic mass is 10.2. The van der Waals surface area contributed by atoms with Gasteiger partial charge in [0.05, 0.1) is 12.8 Å². The largest absolute Gasteiger partial charge is 0.464 e. The van der Waals surface area contributed by atoms with Crippen molar-refractivity contribution in [1.82, 2.24) is 15.0 Å². The van der Waals surface area contributed by atoms with Gasteiger partial charge in [-0.1, -0.05) is 19.1 Å². The van der Waals surface area contributed by atoms with E-state index in [-0.39, 0.29) is 18.2 Å². The molecule has 0 bridgehead atoms. The molecule has 1 aromatic heterocycles. The van der Waals surface area contributed by atoms with Crippen LogP contribution in [0.4, 0.5) is 0 Å².